The van der Waals surface area contributed by atoms with E-state index in [0.717, 1.165) is 18.2 Å². The molecule has 1 saturated carbocycles. The van der Waals surface area contributed by atoms with Gasteiger partial charge in [0.1, 0.15) is 11.6 Å². The number of pyridine rings is 1. The Morgan fingerprint density at radius 2 is 1.85 bits per heavy atom. The number of hydrogen-bond donors (Lipinski definition) is 4. The fourth-order valence-corrected chi connectivity index (χ4v) is 4.28. The van der Waals surface area contributed by atoms with Gasteiger partial charge in [0.15, 0.2) is 0 Å². The number of amides is 4. The summed E-state index contributed by atoms with van der Waals surface area (Å²) in [6.45, 7) is 1.75. The van der Waals surface area contributed by atoms with Crippen LogP contribution >= 0.6 is 0 Å². The van der Waals surface area contributed by atoms with Crippen LogP contribution in [0.1, 0.15) is 58.9 Å². The van der Waals surface area contributed by atoms with Crippen LogP contribution in [0, 0.1) is 11.7 Å². The maximum atomic E-state index is 14.1. The van der Waals surface area contributed by atoms with Crippen molar-refractivity contribution in [2.24, 2.45) is 5.92 Å². The van der Waals surface area contributed by atoms with Gasteiger partial charge >= 0.3 is 6.18 Å². The Labute approximate surface area is 225 Å². The maximum Gasteiger partial charge on any atom is 0.416 e. The minimum Gasteiger partial charge on any atom is -0.353 e. The topological polar surface area (TPSA) is 146 Å². The van der Waals surface area contributed by atoms with Crippen molar-refractivity contribution in [1.29, 1.82) is 0 Å². The first-order valence-corrected chi connectivity index (χ1v) is 12.4. The van der Waals surface area contributed by atoms with Crippen molar-refractivity contribution in [3.63, 3.8) is 0 Å². The molecule has 1 aromatic carbocycles. The van der Waals surface area contributed by atoms with E-state index >= 15 is 0 Å². The van der Waals surface area contributed by atoms with Crippen molar-refractivity contribution in [1.82, 2.24) is 20.9 Å². The van der Waals surface area contributed by atoms with E-state index in [9.17, 15) is 41.5 Å². The second kappa shape index (κ2) is 11.4. The SMILES string of the molecule is C[C@@H]1C[C@@H](C[C@H](NC(=O)c2cc(F)cnc2NC(=O)c2cccc(C(F)(F)F)c2)C(=O)C(=O)NC2CC2)C(=O)N1. The molecule has 1 aromatic heterocycles. The van der Waals surface area contributed by atoms with Crippen molar-refractivity contribution < 1.29 is 41.5 Å². The number of rotatable bonds is 9. The van der Waals surface area contributed by atoms with E-state index in [4.69, 9.17) is 0 Å². The molecule has 40 heavy (non-hydrogen) atoms. The number of carbonyl (C=O) groups is 5. The average molecular weight is 564 g/mol. The Kier molecular flexibility index (Phi) is 8.16. The lowest BCUT2D eigenvalue weighted by molar-refractivity contribution is -0.139. The molecular formula is C26H25F4N5O5. The largest absolute Gasteiger partial charge is 0.416 e. The highest BCUT2D eigenvalue weighted by Crippen LogP contribution is 2.30. The third kappa shape index (κ3) is 6.98. The molecular weight excluding hydrogens is 538 g/mol. The Balaban J connectivity index is 1.56. The number of Topliss-reactive ketones (excluding diaryl/α,β-unsaturated/α-hetero) is 1. The van der Waals surface area contributed by atoms with Gasteiger partial charge in [-0.05, 0) is 56.9 Å². The van der Waals surface area contributed by atoms with Gasteiger partial charge in [0.05, 0.1) is 23.4 Å². The second-order valence-corrected chi connectivity index (χ2v) is 9.80. The highest BCUT2D eigenvalue weighted by Gasteiger charge is 2.38. The number of benzene rings is 1. The van der Waals surface area contributed by atoms with Crippen molar-refractivity contribution in [2.75, 3.05) is 5.32 Å². The number of ketones is 1. The molecule has 14 heteroatoms. The molecule has 0 unspecified atom stereocenters. The Bertz CT molecular complexity index is 1360. The average Bonchev–Trinajstić information content (AvgIpc) is 3.65. The predicted molar refractivity (Wildman–Crippen MR) is 131 cm³/mol. The predicted octanol–water partition coefficient (Wildman–Crippen LogP) is 2.35. The summed E-state index contributed by atoms with van der Waals surface area (Å²) in [4.78, 5) is 67.3. The third-order valence-corrected chi connectivity index (χ3v) is 6.46. The summed E-state index contributed by atoms with van der Waals surface area (Å²) in [5, 5.41) is 9.75. The molecule has 0 radical (unpaired) electrons. The molecule has 212 valence electrons. The van der Waals surface area contributed by atoms with Gasteiger partial charge in [0.2, 0.25) is 11.7 Å². The van der Waals surface area contributed by atoms with Gasteiger partial charge in [-0.3, -0.25) is 24.0 Å². The van der Waals surface area contributed by atoms with Gasteiger partial charge in [0.25, 0.3) is 17.7 Å². The lowest BCUT2D eigenvalue weighted by Crippen LogP contribution is -2.49. The van der Waals surface area contributed by atoms with E-state index in [1.165, 1.54) is 0 Å². The third-order valence-electron chi connectivity index (χ3n) is 6.46. The zero-order chi connectivity index (χ0) is 29.2. The standard InChI is InChI=1S/C26H25F4N5O5/c1-12-7-14(23(38)32-12)9-19(20(36)25(40)33-17-5-6-17)34-24(39)18-10-16(27)11-31-21(18)35-22(37)13-3-2-4-15(8-13)26(28,29)30/h2-4,8,10-12,14,17,19H,5-7,9H2,1H3,(H,32,38)(H,33,40)(H,34,39)(H,31,35,37)/t12-,14+,19+/m1/s1. The first-order valence-electron chi connectivity index (χ1n) is 12.4. The number of hydrogen-bond acceptors (Lipinski definition) is 6. The summed E-state index contributed by atoms with van der Waals surface area (Å²) < 4.78 is 53.3. The van der Waals surface area contributed by atoms with Gasteiger partial charge in [-0.25, -0.2) is 9.37 Å². The Hall–Kier alpha value is -4.36. The first kappa shape index (κ1) is 28.6. The van der Waals surface area contributed by atoms with Gasteiger partial charge in [0, 0.05) is 23.6 Å². The van der Waals surface area contributed by atoms with E-state index in [1.54, 1.807) is 6.92 Å². The number of nitrogens with one attached hydrogen (secondary N) is 4. The molecule has 0 bridgehead atoms. The summed E-state index contributed by atoms with van der Waals surface area (Å²) >= 11 is 0. The number of nitrogens with zero attached hydrogens (tertiary/aromatic N) is 1. The zero-order valence-electron chi connectivity index (χ0n) is 21.1. The molecule has 0 spiro atoms. The van der Waals surface area contributed by atoms with Crippen LogP contribution in [-0.2, 0) is 20.6 Å². The van der Waals surface area contributed by atoms with Gasteiger partial charge in [-0.15, -0.1) is 0 Å². The number of aromatic nitrogens is 1. The molecule has 4 rings (SSSR count). The van der Waals surface area contributed by atoms with E-state index < -0.39 is 70.0 Å². The van der Waals surface area contributed by atoms with E-state index in [1.807, 2.05) is 0 Å². The lowest BCUT2D eigenvalue weighted by atomic mass is 9.94. The van der Waals surface area contributed by atoms with Crippen LogP contribution in [0.3, 0.4) is 0 Å². The Morgan fingerprint density at radius 1 is 1.12 bits per heavy atom. The number of anilines is 1. The van der Waals surface area contributed by atoms with Crippen molar-refractivity contribution in [3.05, 3.63) is 59.0 Å². The van der Waals surface area contributed by atoms with E-state index in [2.05, 4.69) is 26.3 Å². The van der Waals surface area contributed by atoms with Crippen LogP contribution < -0.4 is 21.3 Å². The molecule has 1 aliphatic carbocycles. The van der Waals surface area contributed by atoms with E-state index in [0.29, 0.717) is 37.6 Å². The molecule has 2 aliphatic rings. The van der Waals surface area contributed by atoms with Crippen LogP contribution in [0.5, 0.6) is 0 Å². The monoisotopic (exact) mass is 563 g/mol. The molecule has 1 aliphatic heterocycles. The molecule has 1 saturated heterocycles. The molecule has 10 nitrogen and oxygen atoms in total. The van der Waals surface area contributed by atoms with Crippen LogP contribution in [0.15, 0.2) is 36.5 Å². The summed E-state index contributed by atoms with van der Waals surface area (Å²) in [5.74, 6) is -6.65. The fraction of sp³-hybridized carbons (Fsp3) is 0.385. The first-order chi connectivity index (χ1) is 18.8. The lowest BCUT2D eigenvalue weighted by Gasteiger charge is -2.20. The molecule has 2 heterocycles. The van der Waals surface area contributed by atoms with E-state index in [-0.39, 0.29) is 24.4 Å². The summed E-state index contributed by atoms with van der Waals surface area (Å²) in [7, 11) is 0. The van der Waals surface area contributed by atoms with Gasteiger partial charge < -0.3 is 21.3 Å². The van der Waals surface area contributed by atoms with Crippen molar-refractivity contribution in [3.8, 4) is 0 Å². The van der Waals surface area contributed by atoms with Crippen LogP contribution in [0.2, 0.25) is 0 Å². The minimum atomic E-state index is -4.71. The number of alkyl halides is 3. The van der Waals surface area contributed by atoms with Crippen LogP contribution in [0.4, 0.5) is 23.4 Å². The van der Waals surface area contributed by atoms with Crippen LogP contribution in [0.25, 0.3) is 0 Å². The highest BCUT2D eigenvalue weighted by molar-refractivity contribution is 6.38. The highest BCUT2D eigenvalue weighted by atomic mass is 19.4. The minimum absolute atomic E-state index is 0.160. The quantitative estimate of drug-likeness (QED) is 0.272. The van der Waals surface area contributed by atoms with Crippen molar-refractivity contribution >= 4 is 35.2 Å². The molecule has 4 N–H and O–H groups in total. The second-order valence-electron chi connectivity index (χ2n) is 9.80. The zero-order valence-corrected chi connectivity index (χ0v) is 21.1. The molecule has 4 amide bonds. The van der Waals surface area contributed by atoms with Crippen molar-refractivity contribution in [2.45, 2.75) is 56.9 Å². The smallest absolute Gasteiger partial charge is 0.353 e. The maximum absolute atomic E-state index is 14.1. The van der Waals surface area contributed by atoms with Crippen LogP contribution in [-0.4, -0.2) is 52.5 Å². The van der Waals surface area contributed by atoms with Gasteiger partial charge in [-0.2, -0.15) is 13.2 Å². The summed E-state index contributed by atoms with van der Waals surface area (Å²) in [6, 6.07) is 2.39. The normalized spacial score (nSPS) is 19.4. The summed E-state index contributed by atoms with van der Waals surface area (Å²) in [6.07, 6.45) is -2.51. The summed E-state index contributed by atoms with van der Waals surface area (Å²) in [5.41, 5.74) is -2.04. The molecule has 2 aromatic rings. The Morgan fingerprint density at radius 3 is 2.48 bits per heavy atom. The number of carbonyl (C=O) groups excluding carboxylic acids is 5. The molecule has 3 atom stereocenters. The molecule has 2 fully saturated rings. The fourth-order valence-electron chi connectivity index (χ4n) is 4.28. The number of halogens is 4. The van der Waals surface area contributed by atoms with Gasteiger partial charge in [-0.1, -0.05) is 6.07 Å².